The van der Waals surface area contributed by atoms with E-state index in [1.807, 2.05) is 53.6 Å². The largest absolute Gasteiger partial charge is 0.308 e. The van der Waals surface area contributed by atoms with Crippen LogP contribution in [0.25, 0.3) is 5.69 Å². The van der Waals surface area contributed by atoms with Crippen molar-refractivity contribution in [2.45, 2.75) is 13.1 Å². The Labute approximate surface area is 128 Å². The van der Waals surface area contributed by atoms with Gasteiger partial charge in [0.15, 0.2) is 0 Å². The van der Waals surface area contributed by atoms with Crippen molar-refractivity contribution >= 4 is 11.6 Å². The van der Waals surface area contributed by atoms with Crippen LogP contribution in [-0.2, 0) is 13.1 Å². The lowest BCUT2D eigenvalue weighted by Crippen LogP contribution is -2.12. The normalized spacial score (nSPS) is 10.7. The summed E-state index contributed by atoms with van der Waals surface area (Å²) in [4.78, 5) is 4.09. The maximum Gasteiger partial charge on any atom is 0.0646 e. The Hall–Kier alpha value is -2.17. The fourth-order valence-electron chi connectivity index (χ4n) is 2.04. The molecule has 21 heavy (non-hydrogen) atoms. The molecule has 0 unspecified atom stereocenters. The highest BCUT2D eigenvalue weighted by atomic mass is 35.5. The predicted octanol–water partition coefficient (Wildman–Crippen LogP) is 3.21. The highest BCUT2D eigenvalue weighted by Gasteiger charge is 2.01. The van der Waals surface area contributed by atoms with E-state index in [-0.39, 0.29) is 0 Å². The Morgan fingerprint density at radius 3 is 2.57 bits per heavy atom. The van der Waals surface area contributed by atoms with E-state index < -0.39 is 0 Å². The van der Waals surface area contributed by atoms with E-state index in [9.17, 15) is 0 Å². The Morgan fingerprint density at radius 2 is 1.81 bits per heavy atom. The van der Waals surface area contributed by atoms with E-state index in [2.05, 4.69) is 21.5 Å². The highest BCUT2D eigenvalue weighted by Crippen LogP contribution is 2.13. The zero-order chi connectivity index (χ0) is 14.5. The average molecular weight is 299 g/mol. The van der Waals surface area contributed by atoms with Crippen molar-refractivity contribution in [3.8, 4) is 5.69 Å². The van der Waals surface area contributed by atoms with Crippen LogP contribution in [0.2, 0.25) is 5.02 Å². The Kier molecular flexibility index (Phi) is 4.28. The Balaban J connectivity index is 1.59. The molecule has 0 aliphatic rings. The van der Waals surface area contributed by atoms with Crippen molar-refractivity contribution in [3.05, 3.63) is 77.3 Å². The SMILES string of the molecule is Clc1ccc(-n2cc(CNCc3cccnc3)cn2)cc1. The number of rotatable bonds is 5. The minimum absolute atomic E-state index is 0.726. The molecule has 0 aliphatic heterocycles. The summed E-state index contributed by atoms with van der Waals surface area (Å²) in [6.07, 6.45) is 7.52. The molecular weight excluding hydrogens is 284 g/mol. The summed E-state index contributed by atoms with van der Waals surface area (Å²) in [5, 5.41) is 8.47. The van der Waals surface area contributed by atoms with Gasteiger partial charge in [0, 0.05) is 42.3 Å². The summed E-state index contributed by atoms with van der Waals surface area (Å²) >= 11 is 5.89. The van der Waals surface area contributed by atoms with Gasteiger partial charge in [-0.15, -0.1) is 0 Å². The molecule has 0 spiro atoms. The van der Waals surface area contributed by atoms with Crippen LogP contribution in [-0.4, -0.2) is 14.8 Å². The number of nitrogens with one attached hydrogen (secondary N) is 1. The van der Waals surface area contributed by atoms with Gasteiger partial charge >= 0.3 is 0 Å². The van der Waals surface area contributed by atoms with Gasteiger partial charge in [-0.1, -0.05) is 17.7 Å². The fourth-order valence-corrected chi connectivity index (χ4v) is 2.17. The molecule has 3 aromatic rings. The van der Waals surface area contributed by atoms with Gasteiger partial charge in [-0.05, 0) is 35.9 Å². The van der Waals surface area contributed by atoms with Crippen LogP contribution in [0, 0.1) is 0 Å². The van der Waals surface area contributed by atoms with E-state index >= 15 is 0 Å². The molecule has 2 heterocycles. The first kappa shape index (κ1) is 13.8. The maximum absolute atomic E-state index is 5.89. The molecule has 5 heteroatoms. The van der Waals surface area contributed by atoms with Crippen molar-refractivity contribution < 1.29 is 0 Å². The number of pyridine rings is 1. The minimum Gasteiger partial charge on any atom is -0.308 e. The fraction of sp³-hybridized carbons (Fsp3) is 0.125. The van der Waals surface area contributed by atoms with Crippen LogP contribution in [0.3, 0.4) is 0 Å². The van der Waals surface area contributed by atoms with Crippen LogP contribution >= 0.6 is 11.6 Å². The van der Waals surface area contributed by atoms with Gasteiger partial charge in [-0.2, -0.15) is 5.10 Å². The first-order valence-electron chi connectivity index (χ1n) is 6.70. The number of benzene rings is 1. The third kappa shape index (κ3) is 3.68. The Morgan fingerprint density at radius 1 is 1.00 bits per heavy atom. The van der Waals surface area contributed by atoms with Crippen molar-refractivity contribution in [3.63, 3.8) is 0 Å². The lowest BCUT2D eigenvalue weighted by molar-refractivity contribution is 0.691. The quantitative estimate of drug-likeness (QED) is 0.786. The summed E-state index contributed by atoms with van der Waals surface area (Å²) in [5.41, 5.74) is 3.30. The van der Waals surface area contributed by atoms with Gasteiger partial charge in [0.2, 0.25) is 0 Å². The lowest BCUT2D eigenvalue weighted by atomic mass is 10.3. The first-order valence-corrected chi connectivity index (χ1v) is 7.08. The first-order chi connectivity index (χ1) is 10.3. The van der Waals surface area contributed by atoms with Crippen LogP contribution < -0.4 is 5.32 Å². The van der Waals surface area contributed by atoms with Gasteiger partial charge in [0.25, 0.3) is 0 Å². The standard InChI is InChI=1S/C16H15ClN4/c17-15-3-5-16(6-4-15)21-12-14(11-20-21)10-19-9-13-2-1-7-18-8-13/h1-8,11-12,19H,9-10H2. The molecule has 106 valence electrons. The molecular formula is C16H15ClN4. The van der Waals surface area contributed by atoms with E-state index in [1.54, 1.807) is 6.20 Å². The molecule has 0 amide bonds. The van der Waals surface area contributed by atoms with E-state index in [1.165, 1.54) is 5.56 Å². The summed E-state index contributed by atoms with van der Waals surface area (Å²) < 4.78 is 1.84. The average Bonchev–Trinajstić information content (AvgIpc) is 2.98. The van der Waals surface area contributed by atoms with Gasteiger partial charge in [0.05, 0.1) is 11.9 Å². The number of nitrogens with zero attached hydrogens (tertiary/aromatic N) is 3. The molecule has 1 N–H and O–H groups in total. The van der Waals surface area contributed by atoms with Crippen LogP contribution in [0.1, 0.15) is 11.1 Å². The molecule has 0 aliphatic carbocycles. The van der Waals surface area contributed by atoms with Gasteiger partial charge < -0.3 is 5.32 Å². The minimum atomic E-state index is 0.726. The van der Waals surface area contributed by atoms with Gasteiger partial charge in [-0.25, -0.2) is 4.68 Å². The lowest BCUT2D eigenvalue weighted by Gasteiger charge is -2.03. The summed E-state index contributed by atoms with van der Waals surface area (Å²) in [5.74, 6) is 0. The van der Waals surface area contributed by atoms with Gasteiger partial charge in [0.1, 0.15) is 0 Å². The van der Waals surface area contributed by atoms with Crippen LogP contribution in [0.15, 0.2) is 61.2 Å². The van der Waals surface area contributed by atoms with E-state index in [4.69, 9.17) is 11.6 Å². The molecule has 0 saturated heterocycles. The van der Waals surface area contributed by atoms with Crippen LogP contribution in [0.4, 0.5) is 0 Å². The van der Waals surface area contributed by atoms with Crippen molar-refractivity contribution in [2.75, 3.05) is 0 Å². The summed E-state index contributed by atoms with van der Waals surface area (Å²) in [6, 6.07) is 11.6. The van der Waals surface area contributed by atoms with Gasteiger partial charge in [-0.3, -0.25) is 4.98 Å². The summed E-state index contributed by atoms with van der Waals surface area (Å²) in [7, 11) is 0. The monoisotopic (exact) mass is 298 g/mol. The third-order valence-corrected chi connectivity index (χ3v) is 3.36. The molecule has 1 aromatic carbocycles. The smallest absolute Gasteiger partial charge is 0.0646 e. The molecule has 4 nitrogen and oxygen atoms in total. The van der Waals surface area contributed by atoms with Crippen molar-refractivity contribution in [1.29, 1.82) is 0 Å². The molecule has 0 fully saturated rings. The maximum atomic E-state index is 5.89. The molecule has 0 radical (unpaired) electrons. The second-order valence-electron chi connectivity index (χ2n) is 4.73. The van der Waals surface area contributed by atoms with E-state index in [0.717, 1.165) is 29.4 Å². The molecule has 3 rings (SSSR count). The zero-order valence-electron chi connectivity index (χ0n) is 11.4. The Bertz CT molecular complexity index is 692. The molecule has 2 aromatic heterocycles. The second-order valence-corrected chi connectivity index (χ2v) is 5.17. The predicted molar refractivity (Wildman–Crippen MR) is 83.4 cm³/mol. The number of hydrogen-bond donors (Lipinski definition) is 1. The number of aromatic nitrogens is 3. The third-order valence-electron chi connectivity index (χ3n) is 3.11. The van der Waals surface area contributed by atoms with Crippen molar-refractivity contribution in [1.82, 2.24) is 20.1 Å². The summed E-state index contributed by atoms with van der Waals surface area (Å²) in [6.45, 7) is 1.56. The highest BCUT2D eigenvalue weighted by molar-refractivity contribution is 6.30. The van der Waals surface area contributed by atoms with E-state index in [0.29, 0.717) is 0 Å². The second kappa shape index (κ2) is 6.52. The van der Waals surface area contributed by atoms with Crippen molar-refractivity contribution in [2.24, 2.45) is 0 Å². The molecule has 0 bridgehead atoms. The molecule has 0 saturated carbocycles. The number of halogens is 1. The zero-order valence-corrected chi connectivity index (χ0v) is 12.2. The molecule has 0 atom stereocenters. The number of hydrogen-bond acceptors (Lipinski definition) is 3. The van der Waals surface area contributed by atoms with Crippen LogP contribution in [0.5, 0.6) is 0 Å². The topological polar surface area (TPSA) is 42.7 Å².